The fourth-order valence-electron chi connectivity index (χ4n) is 2.10. The van der Waals surface area contributed by atoms with E-state index in [4.69, 9.17) is 27.7 Å². The number of rotatable bonds is 3. The minimum Gasteiger partial charge on any atom is -0.355 e. The Hall–Kier alpha value is -2.30. The van der Waals surface area contributed by atoms with Crippen LogP contribution in [0.2, 0.25) is 10.0 Å². The number of benzene rings is 2. The summed E-state index contributed by atoms with van der Waals surface area (Å²) < 4.78 is 5.25. The molecule has 1 aromatic heterocycles. The van der Waals surface area contributed by atoms with Crippen LogP contribution in [0.4, 0.5) is 5.69 Å². The summed E-state index contributed by atoms with van der Waals surface area (Å²) in [4.78, 5) is 14.0. The standard InChI is InChI=1S/C17H12Cl2N2O2/c1-21(12-5-3-2-4-6-12)17(22)15-10-16(23-20-15)11-7-8-13(18)14(19)9-11/h2-10H,1H3. The molecule has 1 amide bonds. The van der Waals surface area contributed by atoms with Gasteiger partial charge in [-0.2, -0.15) is 0 Å². The number of carbonyl (C=O) groups excluding carboxylic acids is 1. The second-order valence-corrected chi connectivity index (χ2v) is 5.72. The lowest BCUT2D eigenvalue weighted by molar-refractivity contribution is 0.0984. The zero-order valence-corrected chi connectivity index (χ0v) is 13.7. The van der Waals surface area contributed by atoms with Gasteiger partial charge in [0.25, 0.3) is 5.91 Å². The van der Waals surface area contributed by atoms with Crippen molar-refractivity contribution in [1.82, 2.24) is 5.16 Å². The van der Waals surface area contributed by atoms with Gasteiger partial charge in [0.05, 0.1) is 10.0 Å². The maximum Gasteiger partial charge on any atom is 0.280 e. The molecule has 0 fully saturated rings. The Kier molecular flexibility index (Phi) is 4.37. The molecule has 0 aliphatic heterocycles. The number of nitrogens with zero attached hydrogens (tertiary/aromatic N) is 2. The summed E-state index contributed by atoms with van der Waals surface area (Å²) in [5.74, 6) is 0.194. The number of halogens is 2. The first-order valence-corrected chi connectivity index (χ1v) is 7.57. The summed E-state index contributed by atoms with van der Waals surface area (Å²) in [7, 11) is 1.69. The van der Waals surface area contributed by atoms with Crippen LogP contribution in [-0.4, -0.2) is 18.1 Å². The van der Waals surface area contributed by atoms with Crippen LogP contribution >= 0.6 is 23.2 Å². The molecule has 0 unspecified atom stereocenters. The Balaban J connectivity index is 1.86. The highest BCUT2D eigenvalue weighted by Gasteiger charge is 2.19. The maximum absolute atomic E-state index is 12.5. The van der Waals surface area contributed by atoms with Crippen molar-refractivity contribution in [1.29, 1.82) is 0 Å². The van der Waals surface area contributed by atoms with Gasteiger partial charge in [0.1, 0.15) is 0 Å². The average Bonchev–Trinajstić information content (AvgIpc) is 3.07. The van der Waals surface area contributed by atoms with E-state index >= 15 is 0 Å². The summed E-state index contributed by atoms with van der Waals surface area (Å²) in [6.45, 7) is 0. The quantitative estimate of drug-likeness (QED) is 0.675. The van der Waals surface area contributed by atoms with Gasteiger partial charge in [-0.25, -0.2) is 0 Å². The lowest BCUT2D eigenvalue weighted by atomic mass is 10.1. The average molecular weight is 347 g/mol. The molecular formula is C17H12Cl2N2O2. The van der Waals surface area contributed by atoms with E-state index in [0.717, 1.165) is 5.69 Å². The molecule has 0 bridgehead atoms. The van der Waals surface area contributed by atoms with Crippen LogP contribution in [0.3, 0.4) is 0 Å². The molecule has 116 valence electrons. The van der Waals surface area contributed by atoms with Crippen molar-refractivity contribution in [3.8, 4) is 11.3 Å². The second-order valence-electron chi connectivity index (χ2n) is 4.91. The van der Waals surface area contributed by atoms with E-state index in [2.05, 4.69) is 5.16 Å². The van der Waals surface area contributed by atoms with Gasteiger partial charge in [-0.3, -0.25) is 4.79 Å². The smallest absolute Gasteiger partial charge is 0.280 e. The second kappa shape index (κ2) is 6.44. The summed E-state index contributed by atoms with van der Waals surface area (Å²) in [6, 6.07) is 16.0. The van der Waals surface area contributed by atoms with Gasteiger partial charge in [0.2, 0.25) is 0 Å². The van der Waals surface area contributed by atoms with Crippen LogP contribution < -0.4 is 4.90 Å². The Morgan fingerprint density at radius 2 is 1.78 bits per heavy atom. The molecular weight excluding hydrogens is 335 g/mol. The molecule has 1 heterocycles. The number of anilines is 1. The van der Waals surface area contributed by atoms with Crippen LogP contribution in [-0.2, 0) is 0 Å². The van der Waals surface area contributed by atoms with Crippen molar-refractivity contribution in [2.75, 3.05) is 11.9 Å². The SMILES string of the molecule is CN(C(=O)c1cc(-c2ccc(Cl)c(Cl)c2)on1)c1ccccc1. The summed E-state index contributed by atoms with van der Waals surface area (Å²) in [6.07, 6.45) is 0. The third kappa shape index (κ3) is 3.23. The third-order valence-electron chi connectivity index (χ3n) is 3.38. The molecule has 6 heteroatoms. The Morgan fingerprint density at radius 1 is 1.04 bits per heavy atom. The van der Waals surface area contributed by atoms with E-state index in [9.17, 15) is 4.79 Å². The van der Waals surface area contributed by atoms with Gasteiger partial charge in [-0.05, 0) is 30.3 Å². The molecule has 0 aliphatic carbocycles. The lowest BCUT2D eigenvalue weighted by Crippen LogP contribution is -2.26. The number of hydrogen-bond acceptors (Lipinski definition) is 3. The molecule has 2 aromatic carbocycles. The van der Waals surface area contributed by atoms with Crippen LogP contribution in [0.15, 0.2) is 59.1 Å². The summed E-state index contributed by atoms with van der Waals surface area (Å²) in [5, 5.41) is 4.71. The van der Waals surface area contributed by atoms with E-state index in [0.29, 0.717) is 21.4 Å². The summed E-state index contributed by atoms with van der Waals surface area (Å²) >= 11 is 11.9. The molecule has 0 saturated heterocycles. The minimum atomic E-state index is -0.258. The van der Waals surface area contributed by atoms with E-state index in [-0.39, 0.29) is 11.6 Å². The molecule has 4 nitrogen and oxygen atoms in total. The van der Waals surface area contributed by atoms with Gasteiger partial charge in [-0.15, -0.1) is 0 Å². The Labute approximate surface area is 143 Å². The highest BCUT2D eigenvalue weighted by Crippen LogP contribution is 2.29. The normalized spacial score (nSPS) is 10.6. The molecule has 3 rings (SSSR count). The number of para-hydroxylation sites is 1. The van der Waals surface area contributed by atoms with Crippen molar-refractivity contribution in [3.63, 3.8) is 0 Å². The third-order valence-corrected chi connectivity index (χ3v) is 4.12. The van der Waals surface area contributed by atoms with E-state index < -0.39 is 0 Å². The molecule has 0 N–H and O–H groups in total. The van der Waals surface area contributed by atoms with Crippen molar-refractivity contribution in [2.45, 2.75) is 0 Å². The topological polar surface area (TPSA) is 46.3 Å². The fraction of sp³-hybridized carbons (Fsp3) is 0.0588. The number of hydrogen-bond donors (Lipinski definition) is 0. The zero-order chi connectivity index (χ0) is 16.4. The van der Waals surface area contributed by atoms with E-state index in [1.807, 2.05) is 30.3 Å². The van der Waals surface area contributed by atoms with Crippen molar-refractivity contribution >= 4 is 34.8 Å². The monoisotopic (exact) mass is 346 g/mol. The number of aromatic nitrogens is 1. The van der Waals surface area contributed by atoms with Crippen LogP contribution in [0.1, 0.15) is 10.5 Å². The Bertz CT molecular complexity index is 847. The molecule has 0 spiro atoms. The van der Waals surface area contributed by atoms with Crippen molar-refractivity contribution in [3.05, 3.63) is 70.3 Å². The van der Waals surface area contributed by atoms with Gasteiger partial charge in [-0.1, -0.05) is 46.6 Å². The van der Waals surface area contributed by atoms with Gasteiger partial charge >= 0.3 is 0 Å². The number of carbonyl (C=O) groups is 1. The van der Waals surface area contributed by atoms with Crippen LogP contribution in [0.25, 0.3) is 11.3 Å². The van der Waals surface area contributed by atoms with Crippen molar-refractivity contribution < 1.29 is 9.32 Å². The highest BCUT2D eigenvalue weighted by molar-refractivity contribution is 6.42. The first-order chi connectivity index (χ1) is 11.1. The number of amides is 1. The van der Waals surface area contributed by atoms with E-state index in [1.54, 1.807) is 31.3 Å². The van der Waals surface area contributed by atoms with Crippen molar-refractivity contribution in [2.24, 2.45) is 0 Å². The minimum absolute atomic E-state index is 0.220. The molecule has 0 radical (unpaired) electrons. The first kappa shape index (κ1) is 15.6. The maximum atomic E-state index is 12.5. The summed E-state index contributed by atoms with van der Waals surface area (Å²) in [5.41, 5.74) is 1.70. The largest absolute Gasteiger partial charge is 0.355 e. The van der Waals surface area contributed by atoms with Crippen LogP contribution in [0.5, 0.6) is 0 Å². The van der Waals surface area contributed by atoms with Gasteiger partial charge < -0.3 is 9.42 Å². The Morgan fingerprint density at radius 3 is 2.48 bits per heavy atom. The molecule has 3 aromatic rings. The fourth-order valence-corrected chi connectivity index (χ4v) is 2.40. The van der Waals surface area contributed by atoms with Gasteiger partial charge in [0, 0.05) is 24.4 Å². The van der Waals surface area contributed by atoms with Crippen LogP contribution in [0, 0.1) is 0 Å². The predicted molar refractivity (Wildman–Crippen MR) is 91.1 cm³/mol. The first-order valence-electron chi connectivity index (χ1n) is 6.81. The predicted octanol–water partition coefficient (Wildman–Crippen LogP) is 4.93. The highest BCUT2D eigenvalue weighted by atomic mass is 35.5. The molecule has 0 aliphatic rings. The molecule has 23 heavy (non-hydrogen) atoms. The van der Waals surface area contributed by atoms with E-state index in [1.165, 1.54) is 4.90 Å². The molecule has 0 saturated carbocycles. The lowest BCUT2D eigenvalue weighted by Gasteiger charge is -2.15. The van der Waals surface area contributed by atoms with Gasteiger partial charge in [0.15, 0.2) is 11.5 Å². The zero-order valence-electron chi connectivity index (χ0n) is 12.2. The molecule has 0 atom stereocenters.